The number of fused-ring (bicyclic) bond motifs is 2. The van der Waals surface area contributed by atoms with E-state index >= 15 is 0 Å². The van der Waals surface area contributed by atoms with Crippen LogP contribution in [0.4, 0.5) is 28.4 Å². The number of nitrogens with two attached hydrogens (primary N) is 1. The lowest BCUT2D eigenvalue weighted by atomic mass is 10.0. The Morgan fingerprint density at radius 2 is 0.885 bits per heavy atom. The predicted molar refractivity (Wildman–Crippen MR) is 232 cm³/mol. The Hall–Kier alpha value is -5.26. The highest BCUT2D eigenvalue weighted by Crippen LogP contribution is 2.28. The Bertz CT molecular complexity index is 1950. The first-order valence-electron chi connectivity index (χ1n) is 17.8. The number of halogens is 1. The lowest BCUT2D eigenvalue weighted by molar-refractivity contribution is 1.26. The average Bonchev–Trinajstić information content (AvgIpc) is 3.79. The van der Waals surface area contributed by atoms with Gasteiger partial charge in [-0.25, -0.2) is 0 Å². The summed E-state index contributed by atoms with van der Waals surface area (Å²) in [4.78, 5) is 9.41. The zero-order valence-electron chi connectivity index (χ0n) is 30.2. The normalized spacial score (nSPS) is 11.3. The van der Waals surface area contributed by atoms with E-state index in [1.807, 2.05) is 82.3 Å². The van der Waals surface area contributed by atoms with E-state index in [0.717, 1.165) is 58.6 Å². The van der Waals surface area contributed by atoms with E-state index in [1.165, 1.54) is 33.7 Å². The lowest BCUT2D eigenvalue weighted by Gasteiger charge is -2.07. The summed E-state index contributed by atoms with van der Waals surface area (Å²) in [6.45, 7) is 8.00. The molecule has 0 saturated carbocycles. The van der Waals surface area contributed by atoms with Gasteiger partial charge in [-0.15, -0.1) is 0 Å². The third kappa shape index (κ3) is 13.1. The maximum Gasteiger partial charge on any atom is 0.0665 e. The summed E-state index contributed by atoms with van der Waals surface area (Å²) in [7, 11) is 0. The molecule has 0 radical (unpaired) electrons. The molecular weight excluding hydrogens is 700 g/mol. The summed E-state index contributed by atoms with van der Waals surface area (Å²) >= 11 is 3.45. The van der Waals surface area contributed by atoms with Crippen molar-refractivity contribution >= 4 is 55.8 Å². The molecule has 2 aliphatic rings. The highest BCUT2D eigenvalue weighted by molar-refractivity contribution is 9.10. The molecule has 8 rings (SSSR count). The van der Waals surface area contributed by atoms with E-state index in [2.05, 4.69) is 129 Å². The van der Waals surface area contributed by atoms with Crippen LogP contribution in [0.2, 0.25) is 0 Å². The van der Waals surface area contributed by atoms with Crippen LogP contribution in [0.15, 0.2) is 172 Å². The van der Waals surface area contributed by atoms with E-state index < -0.39 is 0 Å². The van der Waals surface area contributed by atoms with Gasteiger partial charge in [-0.3, -0.25) is 9.98 Å². The number of hydrogen-bond acceptors (Lipinski definition) is 4. The van der Waals surface area contributed by atoms with Crippen molar-refractivity contribution in [2.24, 2.45) is 9.98 Å². The summed E-state index contributed by atoms with van der Waals surface area (Å²) in [5.74, 6) is 0. The molecule has 4 nitrogen and oxygen atoms in total. The first-order valence-corrected chi connectivity index (χ1v) is 18.6. The van der Waals surface area contributed by atoms with E-state index in [4.69, 9.17) is 10.7 Å². The molecule has 6 aromatic carbocycles. The zero-order valence-corrected chi connectivity index (χ0v) is 31.8. The van der Waals surface area contributed by atoms with Crippen molar-refractivity contribution in [2.45, 2.75) is 60.8 Å². The second-order valence-corrected chi connectivity index (χ2v) is 12.5. The molecule has 2 heterocycles. The maximum absolute atomic E-state index is 5.36. The largest absolute Gasteiger partial charge is 0.399 e. The lowest BCUT2D eigenvalue weighted by Crippen LogP contribution is -2.02. The van der Waals surface area contributed by atoms with E-state index in [9.17, 15) is 0 Å². The molecule has 0 aromatic heterocycles. The van der Waals surface area contributed by atoms with Crippen molar-refractivity contribution in [2.75, 3.05) is 11.1 Å². The Morgan fingerprint density at radius 1 is 0.500 bits per heavy atom. The van der Waals surface area contributed by atoms with Gasteiger partial charge in [-0.05, 0) is 82.9 Å². The fourth-order valence-electron chi connectivity index (χ4n) is 5.52. The maximum atomic E-state index is 5.36. The summed E-state index contributed by atoms with van der Waals surface area (Å²) in [5, 5.41) is 3.41. The number of nitrogen functional groups attached to an aromatic ring is 1. The van der Waals surface area contributed by atoms with Gasteiger partial charge < -0.3 is 11.1 Å². The van der Waals surface area contributed by atoms with Crippen LogP contribution in [0.5, 0.6) is 0 Å². The zero-order chi connectivity index (χ0) is 36.3. The van der Waals surface area contributed by atoms with Crippen LogP contribution >= 0.6 is 15.9 Å². The topological polar surface area (TPSA) is 62.8 Å². The van der Waals surface area contributed by atoms with Crippen LogP contribution in [0, 0.1) is 0 Å². The molecule has 6 aromatic rings. The molecule has 0 atom stereocenters. The molecule has 0 aliphatic carbocycles. The number of anilines is 3. The van der Waals surface area contributed by atoms with Crippen LogP contribution in [-0.2, 0) is 25.7 Å². The van der Waals surface area contributed by atoms with E-state index in [-0.39, 0.29) is 7.43 Å². The summed E-state index contributed by atoms with van der Waals surface area (Å²) in [5.41, 5.74) is 18.5. The molecule has 52 heavy (non-hydrogen) atoms. The van der Waals surface area contributed by atoms with Gasteiger partial charge in [0, 0.05) is 58.6 Å². The molecule has 268 valence electrons. The smallest absolute Gasteiger partial charge is 0.0665 e. The molecule has 0 fully saturated rings. The van der Waals surface area contributed by atoms with Crippen LogP contribution in [0.3, 0.4) is 0 Å². The number of nitrogens with zero attached hydrogens (tertiary/aromatic N) is 2. The molecular formula is C47H53BrN4. The number of hydrogen-bond donors (Lipinski definition) is 2. The van der Waals surface area contributed by atoms with Gasteiger partial charge in [-0.2, -0.15) is 0 Å². The van der Waals surface area contributed by atoms with Gasteiger partial charge in [0.2, 0.25) is 0 Å². The molecule has 0 unspecified atom stereocenters. The van der Waals surface area contributed by atoms with Crippen molar-refractivity contribution in [3.63, 3.8) is 0 Å². The predicted octanol–water partition coefficient (Wildman–Crippen LogP) is 13.6. The van der Waals surface area contributed by atoms with Gasteiger partial charge in [0.25, 0.3) is 0 Å². The highest BCUT2D eigenvalue weighted by atomic mass is 79.9. The molecule has 0 saturated heterocycles. The molecule has 3 N–H and O–H groups in total. The van der Waals surface area contributed by atoms with Crippen molar-refractivity contribution in [1.82, 2.24) is 0 Å². The second-order valence-electron chi connectivity index (χ2n) is 11.5. The number of aliphatic imine (C=N–C) groups is 2. The Labute approximate surface area is 320 Å². The molecule has 2 aliphatic heterocycles. The van der Waals surface area contributed by atoms with E-state index in [0.29, 0.717) is 0 Å². The van der Waals surface area contributed by atoms with E-state index in [1.54, 1.807) is 0 Å². The van der Waals surface area contributed by atoms with Crippen LogP contribution < -0.4 is 11.1 Å². The van der Waals surface area contributed by atoms with Gasteiger partial charge >= 0.3 is 0 Å². The fourth-order valence-corrected chi connectivity index (χ4v) is 5.79. The minimum absolute atomic E-state index is 0. The second kappa shape index (κ2) is 22.5. The average molecular weight is 754 g/mol. The summed E-state index contributed by atoms with van der Waals surface area (Å²) in [6.07, 6.45) is 3.83. The monoisotopic (exact) mass is 752 g/mol. The van der Waals surface area contributed by atoms with Gasteiger partial charge in [0.15, 0.2) is 0 Å². The molecule has 0 amide bonds. The van der Waals surface area contributed by atoms with Crippen molar-refractivity contribution in [3.8, 4) is 0 Å². The fraction of sp³-hybridized carbons (Fsp3) is 0.191. The van der Waals surface area contributed by atoms with Gasteiger partial charge in [-0.1, -0.05) is 148 Å². The molecule has 0 spiro atoms. The third-order valence-electron chi connectivity index (χ3n) is 7.87. The quantitative estimate of drug-likeness (QED) is 0.166. The first-order chi connectivity index (χ1) is 25.1. The summed E-state index contributed by atoms with van der Waals surface area (Å²) in [6, 6.07) is 53.6. The Balaban J connectivity index is 0.000000221. The molecule has 0 bridgehead atoms. The first kappa shape index (κ1) is 41.2. The van der Waals surface area contributed by atoms with Crippen molar-refractivity contribution in [3.05, 3.63) is 184 Å². The minimum atomic E-state index is 0. The molecule has 5 heteroatoms. The number of para-hydroxylation sites is 4. The SMILES string of the molecule is Brc1ccc(CC2=Nc3ccccc3C2)cc1.C.CC.CC.Nc1ccccc1.c1ccc(Nc2ccc(CC3=Nc4ccccc4C3)cc2)cc1. The standard InChI is InChI=1S/C21H18N2.C15H12BrN.C6H7N.2C2H6.CH4/c1-2-7-18(8-3-1)22-19-12-10-16(11-13-19)14-20-15-17-6-4-5-9-21(17)23-20;16-13-7-5-11(6-8-13)9-14-10-12-3-1-2-4-15(12)17-14;7-6-4-2-1-3-5-6;2*1-2;/h1-13,22H,14-15H2;1-8H,9-10H2;1-5H,7H2;2*1-2H3;1H4. The van der Waals surface area contributed by atoms with Gasteiger partial charge in [0.05, 0.1) is 11.4 Å². The van der Waals surface area contributed by atoms with Crippen molar-refractivity contribution < 1.29 is 0 Å². The third-order valence-corrected chi connectivity index (χ3v) is 8.40. The number of nitrogens with one attached hydrogen (secondary N) is 1. The van der Waals surface area contributed by atoms with Crippen LogP contribution in [0.25, 0.3) is 0 Å². The highest BCUT2D eigenvalue weighted by Gasteiger charge is 2.15. The number of rotatable bonds is 6. The number of benzene rings is 6. The van der Waals surface area contributed by atoms with Crippen LogP contribution in [0.1, 0.15) is 57.4 Å². The Morgan fingerprint density at radius 3 is 1.31 bits per heavy atom. The Kier molecular flexibility index (Phi) is 17.8. The van der Waals surface area contributed by atoms with Crippen molar-refractivity contribution in [1.29, 1.82) is 0 Å². The van der Waals surface area contributed by atoms with Gasteiger partial charge in [0.1, 0.15) is 0 Å². The van der Waals surface area contributed by atoms with Crippen LogP contribution in [-0.4, -0.2) is 11.4 Å². The summed E-state index contributed by atoms with van der Waals surface area (Å²) < 4.78 is 1.12. The minimum Gasteiger partial charge on any atom is -0.399 e.